The van der Waals surface area contributed by atoms with Crippen molar-refractivity contribution < 1.29 is 19.4 Å². The number of amides is 1. The van der Waals surface area contributed by atoms with Crippen LogP contribution in [0.15, 0.2) is 12.2 Å². The molecule has 5 nitrogen and oxygen atoms in total. The Bertz CT molecular complexity index is 291. The van der Waals surface area contributed by atoms with Crippen molar-refractivity contribution in [2.45, 2.75) is 52.2 Å². The number of ether oxygens (including phenoxy) is 1. The molecule has 1 atom stereocenters. The Labute approximate surface area is 102 Å². The SMILES string of the molecule is CC=CCCC(NC(=O)OC(C)(C)C)C(=O)O. The molecule has 0 heterocycles. The lowest BCUT2D eigenvalue weighted by atomic mass is 10.1. The van der Waals surface area contributed by atoms with Crippen molar-refractivity contribution in [3.05, 3.63) is 12.2 Å². The van der Waals surface area contributed by atoms with Crippen molar-refractivity contribution in [3.8, 4) is 0 Å². The third kappa shape index (κ3) is 8.30. The van der Waals surface area contributed by atoms with Gasteiger partial charge in [-0.15, -0.1) is 0 Å². The first-order valence-electron chi connectivity index (χ1n) is 5.59. The van der Waals surface area contributed by atoms with Crippen LogP contribution in [0.3, 0.4) is 0 Å². The van der Waals surface area contributed by atoms with Crippen LogP contribution in [0.5, 0.6) is 0 Å². The van der Waals surface area contributed by atoms with Gasteiger partial charge in [-0.3, -0.25) is 0 Å². The Hall–Kier alpha value is -1.52. The molecule has 0 saturated heterocycles. The molecule has 0 bridgehead atoms. The highest BCUT2D eigenvalue weighted by Crippen LogP contribution is 2.07. The highest BCUT2D eigenvalue weighted by atomic mass is 16.6. The number of nitrogens with one attached hydrogen (secondary N) is 1. The number of carboxylic acid groups (broad SMARTS) is 1. The lowest BCUT2D eigenvalue weighted by Crippen LogP contribution is -2.43. The average molecular weight is 243 g/mol. The number of alkyl carbamates (subject to hydrolysis) is 1. The molecule has 0 aliphatic heterocycles. The number of allylic oxidation sites excluding steroid dienone is 2. The molecule has 2 N–H and O–H groups in total. The van der Waals surface area contributed by atoms with Crippen LogP contribution in [-0.2, 0) is 9.53 Å². The molecule has 0 aromatic heterocycles. The highest BCUT2D eigenvalue weighted by molar-refractivity contribution is 5.79. The molecule has 0 rings (SSSR count). The molecular formula is C12H21NO4. The molecule has 5 heteroatoms. The first-order valence-corrected chi connectivity index (χ1v) is 5.59. The molecule has 0 radical (unpaired) electrons. The Morgan fingerprint density at radius 3 is 2.41 bits per heavy atom. The molecule has 0 spiro atoms. The van der Waals surface area contributed by atoms with Gasteiger partial charge in [0.1, 0.15) is 11.6 Å². The zero-order chi connectivity index (χ0) is 13.5. The van der Waals surface area contributed by atoms with E-state index in [2.05, 4.69) is 5.32 Å². The van der Waals surface area contributed by atoms with E-state index in [0.717, 1.165) is 0 Å². The number of hydrogen-bond acceptors (Lipinski definition) is 3. The van der Waals surface area contributed by atoms with Gasteiger partial charge in [-0.05, 0) is 40.5 Å². The molecular weight excluding hydrogens is 222 g/mol. The van der Waals surface area contributed by atoms with Gasteiger partial charge in [-0.1, -0.05) is 12.2 Å². The minimum absolute atomic E-state index is 0.346. The Balaban J connectivity index is 4.25. The minimum atomic E-state index is -1.06. The maximum absolute atomic E-state index is 11.4. The van der Waals surface area contributed by atoms with Gasteiger partial charge in [-0.2, -0.15) is 0 Å². The summed E-state index contributed by atoms with van der Waals surface area (Å²) in [5.74, 6) is -1.06. The van der Waals surface area contributed by atoms with Gasteiger partial charge in [0.25, 0.3) is 0 Å². The van der Waals surface area contributed by atoms with Gasteiger partial charge in [0, 0.05) is 0 Å². The van der Waals surface area contributed by atoms with Gasteiger partial charge < -0.3 is 15.2 Å². The van der Waals surface area contributed by atoms with E-state index in [1.165, 1.54) is 0 Å². The van der Waals surface area contributed by atoms with E-state index in [0.29, 0.717) is 12.8 Å². The van der Waals surface area contributed by atoms with E-state index in [4.69, 9.17) is 9.84 Å². The summed E-state index contributed by atoms with van der Waals surface area (Å²) in [4.78, 5) is 22.3. The van der Waals surface area contributed by atoms with Gasteiger partial charge >= 0.3 is 12.1 Å². The summed E-state index contributed by atoms with van der Waals surface area (Å²) in [6.07, 6.45) is 3.94. The van der Waals surface area contributed by atoms with Crippen LogP contribution >= 0.6 is 0 Å². The van der Waals surface area contributed by atoms with Crippen molar-refractivity contribution in [2.75, 3.05) is 0 Å². The zero-order valence-corrected chi connectivity index (χ0v) is 10.8. The predicted molar refractivity (Wildman–Crippen MR) is 64.8 cm³/mol. The molecule has 0 saturated carbocycles. The van der Waals surface area contributed by atoms with Crippen LogP contribution in [0, 0.1) is 0 Å². The second-order valence-electron chi connectivity index (χ2n) is 4.68. The Morgan fingerprint density at radius 1 is 1.41 bits per heavy atom. The number of carbonyl (C=O) groups is 2. The van der Waals surface area contributed by atoms with Crippen molar-refractivity contribution in [3.63, 3.8) is 0 Å². The van der Waals surface area contributed by atoms with Gasteiger partial charge in [-0.25, -0.2) is 9.59 Å². The van der Waals surface area contributed by atoms with Crippen LogP contribution in [0.2, 0.25) is 0 Å². The monoisotopic (exact) mass is 243 g/mol. The fourth-order valence-corrected chi connectivity index (χ4v) is 1.14. The molecule has 1 unspecified atom stereocenters. The van der Waals surface area contributed by atoms with Crippen molar-refractivity contribution >= 4 is 12.1 Å². The molecule has 1 amide bonds. The van der Waals surface area contributed by atoms with E-state index in [1.807, 2.05) is 19.1 Å². The van der Waals surface area contributed by atoms with Crippen LogP contribution in [0.1, 0.15) is 40.5 Å². The van der Waals surface area contributed by atoms with E-state index in [1.54, 1.807) is 20.8 Å². The number of aliphatic carboxylic acids is 1. The second kappa shape index (κ2) is 6.93. The van der Waals surface area contributed by atoms with Crippen LogP contribution < -0.4 is 5.32 Å². The summed E-state index contributed by atoms with van der Waals surface area (Å²) < 4.78 is 4.99. The van der Waals surface area contributed by atoms with Crippen LogP contribution in [0.25, 0.3) is 0 Å². The summed E-state index contributed by atoms with van der Waals surface area (Å²) in [5, 5.41) is 11.3. The number of hydrogen-bond donors (Lipinski definition) is 2. The zero-order valence-electron chi connectivity index (χ0n) is 10.8. The molecule has 0 aliphatic rings. The molecule has 0 aromatic rings. The van der Waals surface area contributed by atoms with E-state index >= 15 is 0 Å². The van der Waals surface area contributed by atoms with Gasteiger partial charge in [0.2, 0.25) is 0 Å². The van der Waals surface area contributed by atoms with E-state index in [9.17, 15) is 9.59 Å². The lowest BCUT2D eigenvalue weighted by Gasteiger charge is -2.21. The normalized spacial score (nSPS) is 13.4. The van der Waals surface area contributed by atoms with Crippen molar-refractivity contribution in [2.24, 2.45) is 0 Å². The first kappa shape index (κ1) is 15.5. The summed E-state index contributed by atoms with van der Waals surface area (Å²) in [7, 11) is 0. The summed E-state index contributed by atoms with van der Waals surface area (Å²) in [5.41, 5.74) is -0.629. The Morgan fingerprint density at radius 2 is 2.00 bits per heavy atom. The molecule has 0 aromatic carbocycles. The highest BCUT2D eigenvalue weighted by Gasteiger charge is 2.23. The van der Waals surface area contributed by atoms with Crippen LogP contribution in [-0.4, -0.2) is 28.8 Å². The second-order valence-corrected chi connectivity index (χ2v) is 4.68. The average Bonchev–Trinajstić information content (AvgIpc) is 2.13. The molecule has 98 valence electrons. The molecule has 17 heavy (non-hydrogen) atoms. The van der Waals surface area contributed by atoms with Gasteiger partial charge in [0.05, 0.1) is 0 Å². The number of carbonyl (C=O) groups excluding carboxylic acids is 1. The van der Waals surface area contributed by atoms with Crippen molar-refractivity contribution in [1.29, 1.82) is 0 Å². The van der Waals surface area contributed by atoms with E-state index < -0.39 is 23.7 Å². The number of carboxylic acids is 1. The topological polar surface area (TPSA) is 75.6 Å². The molecule has 0 aliphatic carbocycles. The first-order chi connectivity index (χ1) is 7.76. The van der Waals surface area contributed by atoms with Crippen LogP contribution in [0.4, 0.5) is 4.79 Å². The van der Waals surface area contributed by atoms with Crippen molar-refractivity contribution in [1.82, 2.24) is 5.32 Å². The largest absolute Gasteiger partial charge is 0.480 e. The fourth-order valence-electron chi connectivity index (χ4n) is 1.14. The summed E-state index contributed by atoms with van der Waals surface area (Å²) >= 11 is 0. The maximum atomic E-state index is 11.4. The van der Waals surface area contributed by atoms with Gasteiger partial charge in [0.15, 0.2) is 0 Å². The Kier molecular flexibility index (Phi) is 6.31. The lowest BCUT2D eigenvalue weighted by molar-refractivity contribution is -0.139. The van der Waals surface area contributed by atoms with E-state index in [-0.39, 0.29) is 0 Å². The smallest absolute Gasteiger partial charge is 0.408 e. The fraction of sp³-hybridized carbons (Fsp3) is 0.667. The number of rotatable bonds is 5. The summed E-state index contributed by atoms with van der Waals surface area (Å²) in [6.45, 7) is 7.03. The summed E-state index contributed by atoms with van der Waals surface area (Å²) in [6, 6.07) is -0.916. The maximum Gasteiger partial charge on any atom is 0.408 e. The quantitative estimate of drug-likeness (QED) is 0.726. The third-order valence-electron chi connectivity index (χ3n) is 1.85. The minimum Gasteiger partial charge on any atom is -0.480 e. The standard InChI is InChI=1S/C12H21NO4/c1-5-6-7-8-9(10(14)15)13-11(16)17-12(2,3)4/h5-6,9H,7-8H2,1-4H3,(H,13,16)(H,14,15). The third-order valence-corrected chi connectivity index (χ3v) is 1.85. The molecule has 0 fully saturated rings. The predicted octanol–water partition coefficient (Wildman–Crippen LogP) is 2.32.